The standard InChI is InChI=1S/C12H15NO4/c1-6(2)17-12(16)10-5-9(11(14)15)7(3)13-8(10)4/h5-6H,1-4H3,(H,14,15). The smallest absolute Gasteiger partial charge is 0.340 e. The molecular weight excluding hydrogens is 222 g/mol. The predicted molar refractivity (Wildman–Crippen MR) is 61.2 cm³/mol. The monoisotopic (exact) mass is 237 g/mol. The second-order valence-electron chi connectivity index (χ2n) is 4.01. The molecule has 0 saturated carbocycles. The highest BCUT2D eigenvalue weighted by Gasteiger charge is 2.18. The molecule has 0 aromatic carbocycles. The minimum absolute atomic E-state index is 0.0197. The van der Waals surface area contributed by atoms with Gasteiger partial charge in [-0.1, -0.05) is 0 Å². The summed E-state index contributed by atoms with van der Waals surface area (Å²) in [6, 6.07) is 1.31. The predicted octanol–water partition coefficient (Wildman–Crippen LogP) is 1.96. The zero-order chi connectivity index (χ0) is 13.2. The van der Waals surface area contributed by atoms with Gasteiger partial charge in [-0.2, -0.15) is 0 Å². The van der Waals surface area contributed by atoms with Crippen molar-refractivity contribution < 1.29 is 19.4 Å². The number of carboxylic acid groups (broad SMARTS) is 1. The fourth-order valence-electron chi connectivity index (χ4n) is 1.43. The molecular formula is C12H15NO4. The van der Waals surface area contributed by atoms with Crippen molar-refractivity contribution in [3.8, 4) is 0 Å². The number of aromatic nitrogens is 1. The molecule has 0 saturated heterocycles. The number of aromatic carboxylic acids is 1. The molecule has 0 fully saturated rings. The van der Waals surface area contributed by atoms with Crippen molar-refractivity contribution in [2.45, 2.75) is 33.8 Å². The maximum atomic E-state index is 11.7. The van der Waals surface area contributed by atoms with Crippen LogP contribution in [0.5, 0.6) is 0 Å². The summed E-state index contributed by atoms with van der Waals surface area (Å²) in [7, 11) is 0. The minimum Gasteiger partial charge on any atom is -0.478 e. The fraction of sp³-hybridized carbons (Fsp3) is 0.417. The van der Waals surface area contributed by atoms with E-state index >= 15 is 0 Å². The van der Waals surface area contributed by atoms with Gasteiger partial charge >= 0.3 is 11.9 Å². The van der Waals surface area contributed by atoms with Crippen molar-refractivity contribution in [1.82, 2.24) is 4.98 Å². The topological polar surface area (TPSA) is 76.5 Å². The summed E-state index contributed by atoms with van der Waals surface area (Å²) >= 11 is 0. The molecule has 5 heteroatoms. The molecule has 0 spiro atoms. The number of hydrogen-bond donors (Lipinski definition) is 1. The minimum atomic E-state index is -1.10. The Balaban J connectivity index is 3.20. The van der Waals surface area contributed by atoms with Gasteiger partial charge in [-0.3, -0.25) is 4.98 Å². The summed E-state index contributed by atoms with van der Waals surface area (Å²) in [6.45, 7) is 6.70. The Morgan fingerprint density at radius 2 is 1.76 bits per heavy atom. The molecule has 0 aliphatic heterocycles. The molecule has 0 unspecified atom stereocenters. The Hall–Kier alpha value is -1.91. The second-order valence-corrected chi connectivity index (χ2v) is 4.01. The third kappa shape index (κ3) is 3.03. The van der Waals surface area contributed by atoms with Crippen molar-refractivity contribution in [2.75, 3.05) is 0 Å². The zero-order valence-corrected chi connectivity index (χ0v) is 10.3. The van der Waals surface area contributed by atoms with E-state index in [1.165, 1.54) is 6.07 Å². The molecule has 5 nitrogen and oxygen atoms in total. The van der Waals surface area contributed by atoms with Gasteiger partial charge in [0.2, 0.25) is 0 Å². The molecule has 0 aliphatic carbocycles. The van der Waals surface area contributed by atoms with Gasteiger partial charge in [-0.25, -0.2) is 9.59 Å². The van der Waals surface area contributed by atoms with Crippen LogP contribution in [0.1, 0.15) is 46.0 Å². The van der Waals surface area contributed by atoms with Crippen LogP contribution in [0.2, 0.25) is 0 Å². The molecule has 1 aromatic heterocycles. The Kier molecular flexibility index (Phi) is 3.83. The van der Waals surface area contributed by atoms with Gasteiger partial charge in [0.25, 0.3) is 0 Å². The lowest BCUT2D eigenvalue weighted by atomic mass is 10.1. The van der Waals surface area contributed by atoms with Crippen LogP contribution >= 0.6 is 0 Å². The lowest BCUT2D eigenvalue weighted by Crippen LogP contribution is -2.15. The van der Waals surface area contributed by atoms with Gasteiger partial charge in [0, 0.05) is 0 Å². The first-order chi connectivity index (χ1) is 7.82. The molecule has 1 heterocycles. The average molecular weight is 237 g/mol. The summed E-state index contributed by atoms with van der Waals surface area (Å²) in [4.78, 5) is 26.7. The first-order valence-corrected chi connectivity index (χ1v) is 5.25. The molecule has 0 radical (unpaired) electrons. The SMILES string of the molecule is Cc1nc(C)c(C(=O)OC(C)C)cc1C(=O)O. The van der Waals surface area contributed by atoms with Gasteiger partial charge in [0.1, 0.15) is 0 Å². The lowest BCUT2D eigenvalue weighted by Gasteiger charge is -2.11. The molecule has 1 aromatic rings. The molecule has 92 valence electrons. The Morgan fingerprint density at radius 3 is 2.24 bits per heavy atom. The van der Waals surface area contributed by atoms with Crippen LogP contribution in [0, 0.1) is 13.8 Å². The number of pyridine rings is 1. The molecule has 17 heavy (non-hydrogen) atoms. The van der Waals surface area contributed by atoms with Gasteiger partial charge in [-0.15, -0.1) is 0 Å². The number of rotatable bonds is 3. The third-order valence-electron chi connectivity index (χ3n) is 2.20. The second kappa shape index (κ2) is 4.95. The van der Waals surface area contributed by atoms with E-state index in [4.69, 9.17) is 9.84 Å². The van der Waals surface area contributed by atoms with Gasteiger partial charge in [0.05, 0.1) is 28.6 Å². The molecule has 0 bridgehead atoms. The van der Waals surface area contributed by atoms with Crippen molar-refractivity contribution in [3.05, 3.63) is 28.6 Å². The third-order valence-corrected chi connectivity index (χ3v) is 2.20. The maximum Gasteiger partial charge on any atom is 0.340 e. The van der Waals surface area contributed by atoms with Crippen LogP contribution in [0.3, 0.4) is 0 Å². The van der Waals surface area contributed by atoms with E-state index in [2.05, 4.69) is 4.98 Å². The zero-order valence-electron chi connectivity index (χ0n) is 10.3. The van der Waals surface area contributed by atoms with Gasteiger partial charge < -0.3 is 9.84 Å². The quantitative estimate of drug-likeness (QED) is 0.813. The van der Waals surface area contributed by atoms with E-state index in [1.807, 2.05) is 0 Å². The van der Waals surface area contributed by atoms with Crippen molar-refractivity contribution in [2.24, 2.45) is 0 Å². The van der Waals surface area contributed by atoms with Crippen molar-refractivity contribution in [1.29, 1.82) is 0 Å². The molecule has 0 aliphatic rings. The first-order valence-electron chi connectivity index (χ1n) is 5.25. The van der Waals surface area contributed by atoms with Crippen LogP contribution in [0.15, 0.2) is 6.07 Å². The Bertz CT molecular complexity index is 466. The molecule has 1 N–H and O–H groups in total. The van der Waals surface area contributed by atoms with Crippen molar-refractivity contribution in [3.63, 3.8) is 0 Å². The van der Waals surface area contributed by atoms with Crippen LogP contribution < -0.4 is 0 Å². The maximum absolute atomic E-state index is 11.7. The number of carbonyl (C=O) groups is 2. The number of aryl methyl sites for hydroxylation is 2. The Labute approximate surface area is 99.4 Å². The Morgan fingerprint density at radius 1 is 1.24 bits per heavy atom. The molecule has 0 amide bonds. The van der Waals surface area contributed by atoms with Crippen LogP contribution in [0.25, 0.3) is 0 Å². The number of nitrogens with zero attached hydrogens (tertiary/aromatic N) is 1. The number of esters is 1. The van der Waals surface area contributed by atoms with Crippen LogP contribution in [-0.2, 0) is 4.74 Å². The highest BCUT2D eigenvalue weighted by atomic mass is 16.5. The van der Waals surface area contributed by atoms with Gasteiger partial charge in [0.15, 0.2) is 0 Å². The van der Waals surface area contributed by atoms with E-state index in [1.54, 1.807) is 27.7 Å². The fourth-order valence-corrected chi connectivity index (χ4v) is 1.43. The van der Waals surface area contributed by atoms with Crippen LogP contribution in [0.4, 0.5) is 0 Å². The average Bonchev–Trinajstić information content (AvgIpc) is 2.15. The normalized spacial score (nSPS) is 10.4. The molecule has 0 atom stereocenters. The van der Waals surface area contributed by atoms with E-state index in [0.717, 1.165) is 0 Å². The van der Waals surface area contributed by atoms with Crippen molar-refractivity contribution >= 4 is 11.9 Å². The molecule has 1 rings (SSSR count). The highest BCUT2D eigenvalue weighted by Crippen LogP contribution is 2.14. The summed E-state index contributed by atoms with van der Waals surface area (Å²) in [6.07, 6.45) is -0.253. The number of ether oxygens (including phenoxy) is 1. The number of carboxylic acids is 1. The van der Waals surface area contributed by atoms with E-state index in [9.17, 15) is 9.59 Å². The summed E-state index contributed by atoms with van der Waals surface area (Å²) in [5.41, 5.74) is 1.07. The lowest BCUT2D eigenvalue weighted by molar-refractivity contribution is 0.0376. The van der Waals surface area contributed by atoms with E-state index < -0.39 is 11.9 Å². The number of hydrogen-bond acceptors (Lipinski definition) is 4. The highest BCUT2D eigenvalue weighted by molar-refractivity contribution is 5.95. The summed E-state index contributed by atoms with van der Waals surface area (Å²) in [5.74, 6) is -1.65. The largest absolute Gasteiger partial charge is 0.478 e. The van der Waals surface area contributed by atoms with E-state index in [0.29, 0.717) is 11.4 Å². The first kappa shape index (κ1) is 13.2. The summed E-state index contributed by atoms with van der Waals surface area (Å²) < 4.78 is 5.02. The van der Waals surface area contributed by atoms with E-state index in [-0.39, 0.29) is 17.2 Å². The summed E-state index contributed by atoms with van der Waals surface area (Å²) in [5, 5.41) is 8.95. The number of carbonyl (C=O) groups excluding carboxylic acids is 1. The van der Waals surface area contributed by atoms with Crippen LogP contribution in [-0.4, -0.2) is 28.1 Å². The van der Waals surface area contributed by atoms with Gasteiger partial charge in [-0.05, 0) is 33.8 Å².